The summed E-state index contributed by atoms with van der Waals surface area (Å²) in [5.41, 5.74) is 1.51. The van der Waals surface area contributed by atoms with Crippen molar-refractivity contribution in [1.29, 1.82) is 0 Å². The molecule has 0 unspecified atom stereocenters. The summed E-state index contributed by atoms with van der Waals surface area (Å²) < 4.78 is 4.92. The van der Waals surface area contributed by atoms with Gasteiger partial charge in [0, 0.05) is 6.42 Å². The second-order valence-electron chi connectivity index (χ2n) is 8.33. The van der Waals surface area contributed by atoms with Gasteiger partial charge in [0.15, 0.2) is 0 Å². The van der Waals surface area contributed by atoms with Gasteiger partial charge in [-0.2, -0.15) is 0 Å². The first kappa shape index (κ1) is 33.8. The van der Waals surface area contributed by atoms with E-state index in [-0.39, 0.29) is 71.6 Å². The van der Waals surface area contributed by atoms with Crippen LogP contribution in [-0.4, -0.2) is 49.7 Å². The van der Waals surface area contributed by atoms with Gasteiger partial charge in [0.1, 0.15) is 0 Å². The van der Waals surface area contributed by atoms with Crippen LogP contribution in [0.5, 0.6) is 0 Å². The topological polar surface area (TPSA) is 43.4 Å². The molecule has 1 rings (SSSR count). The summed E-state index contributed by atoms with van der Waals surface area (Å²) >= 11 is 0. The van der Waals surface area contributed by atoms with E-state index in [1.165, 1.54) is 77.0 Å². The van der Waals surface area contributed by atoms with E-state index in [1.807, 2.05) is 19.1 Å². The number of esters is 2. The molecule has 0 spiro atoms. The first-order valence-electron chi connectivity index (χ1n) is 11.9. The monoisotopic (exact) mass is 468 g/mol. The van der Waals surface area contributed by atoms with Crippen LogP contribution in [-0.2, 0) is 9.53 Å². The third kappa shape index (κ3) is 19.8. The van der Waals surface area contributed by atoms with Crippen LogP contribution >= 0.6 is 0 Å². The number of hydrogen-bond acceptors (Lipinski definition) is 3. The summed E-state index contributed by atoms with van der Waals surface area (Å²) in [7, 11) is 0. The number of carbonyl (C=O) groups is 2. The van der Waals surface area contributed by atoms with E-state index in [0.717, 1.165) is 24.8 Å². The van der Waals surface area contributed by atoms with Crippen molar-refractivity contribution in [2.24, 2.45) is 0 Å². The van der Waals surface area contributed by atoms with Crippen LogP contribution in [0.3, 0.4) is 0 Å². The van der Waals surface area contributed by atoms with E-state index >= 15 is 0 Å². The molecule has 0 aliphatic carbocycles. The van der Waals surface area contributed by atoms with Gasteiger partial charge < -0.3 is 9.02 Å². The minimum atomic E-state index is -0.545. The molecular formula is C26H45CaNaO3. The van der Waals surface area contributed by atoms with E-state index < -0.39 is 11.9 Å². The van der Waals surface area contributed by atoms with E-state index in [4.69, 9.17) is 4.74 Å². The van der Waals surface area contributed by atoms with Gasteiger partial charge in [0.25, 0.3) is 0 Å². The Labute approximate surface area is 247 Å². The average Bonchev–Trinajstić information content (AvgIpc) is 2.71. The zero-order valence-corrected chi connectivity index (χ0v) is 24.8. The maximum absolute atomic E-state index is 11.9. The van der Waals surface area contributed by atoms with Gasteiger partial charge in [-0.25, -0.2) is 4.79 Å². The van der Waals surface area contributed by atoms with E-state index in [2.05, 4.69) is 6.92 Å². The molecule has 0 saturated heterocycles. The number of ether oxygens (including phenoxy) is 1. The Balaban J connectivity index is -0.000000561. The van der Waals surface area contributed by atoms with Crippen molar-refractivity contribution >= 4 is 49.7 Å². The van der Waals surface area contributed by atoms with Crippen molar-refractivity contribution in [2.45, 2.75) is 117 Å². The second kappa shape index (κ2) is 23.8. The molecule has 0 aliphatic rings. The first-order chi connectivity index (χ1) is 14.1. The fourth-order valence-electron chi connectivity index (χ4n) is 3.54. The predicted molar refractivity (Wildman–Crippen MR) is 130 cm³/mol. The molecule has 0 bridgehead atoms. The quantitative estimate of drug-likeness (QED) is 0.141. The van der Waals surface area contributed by atoms with Gasteiger partial charge in [-0.15, -0.1) is 0 Å². The normalized spacial score (nSPS) is 10.1. The standard InChI is InChI=1S/C26H42O3.Ca.Na.3H/c1-3-4-5-6-7-8-9-10-11-12-13-14-15-16-17-18-25(27)29-26(28)24-21-19-23(2)20-22-24;;;;;/h19-22H,3-18H2,1-2H3;;;;;/q;+2;+1;3*-1. The predicted octanol–water partition coefficient (Wildman–Crippen LogP) is 4.90. The molecule has 0 fully saturated rings. The maximum Gasteiger partial charge on any atom is 2.00 e. The van der Waals surface area contributed by atoms with Crippen molar-refractivity contribution in [3.05, 3.63) is 35.4 Å². The van der Waals surface area contributed by atoms with E-state index in [0.29, 0.717) is 12.0 Å². The van der Waals surface area contributed by atoms with Gasteiger partial charge in [0.05, 0.1) is 5.56 Å². The zero-order valence-electron chi connectivity index (χ0n) is 23.6. The number of unbranched alkanes of at least 4 members (excludes halogenated alkanes) is 14. The van der Waals surface area contributed by atoms with Crippen molar-refractivity contribution < 1.29 is 48.2 Å². The molecule has 0 N–H and O–H groups in total. The van der Waals surface area contributed by atoms with Crippen LogP contribution < -0.4 is 29.6 Å². The maximum atomic E-state index is 11.9. The van der Waals surface area contributed by atoms with Gasteiger partial charge in [-0.05, 0) is 25.5 Å². The van der Waals surface area contributed by atoms with Crippen LogP contribution in [0, 0.1) is 6.92 Å². The Hall–Kier alpha value is 0.620. The third-order valence-corrected chi connectivity index (χ3v) is 5.48. The minimum absolute atomic E-state index is 0. The molecule has 31 heavy (non-hydrogen) atoms. The van der Waals surface area contributed by atoms with Crippen molar-refractivity contribution in [3.8, 4) is 0 Å². The Morgan fingerprint density at radius 1 is 0.710 bits per heavy atom. The molecule has 170 valence electrons. The number of carbonyl (C=O) groups excluding carboxylic acids is 2. The molecule has 1 aromatic carbocycles. The number of aryl methyl sites for hydroxylation is 1. The molecule has 3 nitrogen and oxygen atoms in total. The summed E-state index contributed by atoms with van der Waals surface area (Å²) in [4.78, 5) is 23.7. The van der Waals surface area contributed by atoms with E-state index in [9.17, 15) is 9.59 Å². The summed E-state index contributed by atoms with van der Waals surface area (Å²) in [5, 5.41) is 0. The molecule has 5 heteroatoms. The zero-order chi connectivity index (χ0) is 21.2. The molecule has 0 amide bonds. The molecule has 0 aromatic heterocycles. The summed E-state index contributed by atoms with van der Waals surface area (Å²) in [5.74, 6) is -0.957. The largest absolute Gasteiger partial charge is 2.00 e. The van der Waals surface area contributed by atoms with Gasteiger partial charge >= 0.3 is 79.2 Å². The summed E-state index contributed by atoms with van der Waals surface area (Å²) in [6.07, 6.45) is 19.7. The second-order valence-corrected chi connectivity index (χ2v) is 8.33. The Morgan fingerprint density at radius 3 is 1.52 bits per heavy atom. The number of hydrogen-bond donors (Lipinski definition) is 0. The molecular weight excluding hydrogens is 423 g/mol. The Kier molecular flexibility index (Phi) is 25.9. The van der Waals surface area contributed by atoms with Crippen molar-refractivity contribution in [1.82, 2.24) is 0 Å². The van der Waals surface area contributed by atoms with Crippen molar-refractivity contribution in [3.63, 3.8) is 0 Å². The molecule has 0 radical (unpaired) electrons. The fourth-order valence-corrected chi connectivity index (χ4v) is 3.54. The summed E-state index contributed by atoms with van der Waals surface area (Å²) in [6, 6.07) is 7.07. The van der Waals surface area contributed by atoms with Crippen LogP contribution in [0.4, 0.5) is 0 Å². The molecule has 1 aromatic rings. The summed E-state index contributed by atoms with van der Waals surface area (Å²) in [6.45, 7) is 4.22. The first-order valence-corrected chi connectivity index (χ1v) is 11.9. The average molecular weight is 469 g/mol. The number of benzene rings is 1. The van der Waals surface area contributed by atoms with Gasteiger partial charge in [0.2, 0.25) is 0 Å². The fraction of sp³-hybridized carbons (Fsp3) is 0.692. The molecule has 0 heterocycles. The molecule has 0 saturated carbocycles. The Bertz CT molecular complexity index is 575. The van der Waals surface area contributed by atoms with Crippen molar-refractivity contribution in [2.75, 3.05) is 0 Å². The SMILES string of the molecule is CCCCCCCCCCCCCCCCCC(=O)OC(=O)c1ccc(C)cc1.[Ca+2].[H-].[H-].[H-].[Na+]. The number of rotatable bonds is 17. The van der Waals surface area contributed by atoms with Crippen LogP contribution in [0.15, 0.2) is 24.3 Å². The molecule has 0 atom stereocenters. The van der Waals surface area contributed by atoms with Gasteiger partial charge in [-0.3, -0.25) is 4.79 Å². The molecule has 0 aliphatic heterocycles. The van der Waals surface area contributed by atoms with Crippen LogP contribution in [0.25, 0.3) is 0 Å². The van der Waals surface area contributed by atoms with Gasteiger partial charge in [-0.1, -0.05) is 115 Å². The van der Waals surface area contributed by atoms with Crippen LogP contribution in [0.2, 0.25) is 0 Å². The third-order valence-electron chi connectivity index (χ3n) is 5.48. The smallest absolute Gasteiger partial charge is 1.00 e. The van der Waals surface area contributed by atoms with Crippen LogP contribution in [0.1, 0.15) is 130 Å². The minimum Gasteiger partial charge on any atom is -1.00 e. The van der Waals surface area contributed by atoms with E-state index in [1.54, 1.807) is 12.1 Å². The Morgan fingerprint density at radius 2 is 1.10 bits per heavy atom.